The Balaban J connectivity index is 0.000000234. The second kappa shape index (κ2) is 11.1. The van der Waals surface area contributed by atoms with Gasteiger partial charge in [0.25, 0.3) is 10.1 Å². The summed E-state index contributed by atoms with van der Waals surface area (Å²) < 4.78 is 34.3. The van der Waals surface area contributed by atoms with Crippen molar-refractivity contribution in [1.29, 1.82) is 0 Å². The number of nitrogens with two attached hydrogens (primary N) is 1. The van der Waals surface area contributed by atoms with Crippen molar-refractivity contribution >= 4 is 16.1 Å². The number of benzene rings is 3. The summed E-state index contributed by atoms with van der Waals surface area (Å²) in [5, 5.41) is 0. The van der Waals surface area contributed by atoms with Crippen molar-refractivity contribution in [2.75, 3.05) is 0 Å². The number of hydrogen-bond donors (Lipinski definition) is 2. The van der Waals surface area contributed by atoms with Gasteiger partial charge in [0.1, 0.15) is 18.4 Å². The van der Waals surface area contributed by atoms with Gasteiger partial charge < -0.3 is 10.5 Å². The molecule has 6 nitrogen and oxygen atoms in total. The predicted octanol–water partition coefficient (Wildman–Crippen LogP) is 3.50. The fourth-order valence-electron chi connectivity index (χ4n) is 2.40. The lowest BCUT2D eigenvalue weighted by atomic mass is 10.1. The van der Waals surface area contributed by atoms with Gasteiger partial charge in [0.2, 0.25) is 0 Å². The van der Waals surface area contributed by atoms with Crippen molar-refractivity contribution in [3.8, 4) is 0 Å². The van der Waals surface area contributed by atoms with Gasteiger partial charge in [-0.15, -0.1) is 0 Å². The van der Waals surface area contributed by atoms with Gasteiger partial charge in [-0.2, -0.15) is 8.42 Å². The molecule has 0 amide bonds. The Hall–Kier alpha value is -3.00. The van der Waals surface area contributed by atoms with Gasteiger partial charge in [0.05, 0.1) is 0 Å². The summed E-state index contributed by atoms with van der Waals surface area (Å²) in [6.45, 7) is 0.250. The quantitative estimate of drug-likeness (QED) is 0.473. The van der Waals surface area contributed by atoms with Crippen molar-refractivity contribution in [2.24, 2.45) is 5.73 Å². The largest absolute Gasteiger partial charge is 0.459 e. The molecule has 7 heteroatoms. The molecule has 29 heavy (non-hydrogen) atoms. The fourth-order valence-corrected chi connectivity index (χ4v) is 3.01. The molecule has 0 bridgehead atoms. The first-order valence-electron chi connectivity index (χ1n) is 8.85. The van der Waals surface area contributed by atoms with Gasteiger partial charge in [-0.3, -0.25) is 4.55 Å². The molecule has 3 N–H and O–H groups in total. The molecular formula is C22H23NO5S. The summed E-state index contributed by atoms with van der Waals surface area (Å²) in [7, 11) is -3.88. The molecule has 0 saturated carbocycles. The molecule has 3 aromatic rings. The molecule has 0 spiro atoms. The zero-order valence-electron chi connectivity index (χ0n) is 15.7. The van der Waals surface area contributed by atoms with Gasteiger partial charge in [-0.25, -0.2) is 4.79 Å². The smallest absolute Gasteiger partial charge is 0.327 e. The lowest BCUT2D eigenvalue weighted by Gasteiger charge is -2.11. The first-order valence-corrected chi connectivity index (χ1v) is 10.5. The number of esters is 1. The van der Waals surface area contributed by atoms with E-state index in [0.717, 1.165) is 11.1 Å². The van der Waals surface area contributed by atoms with Crippen molar-refractivity contribution in [3.05, 3.63) is 108 Å². The van der Waals surface area contributed by atoms with E-state index in [0.29, 0.717) is 5.56 Å². The van der Waals surface area contributed by atoms with Crippen LogP contribution >= 0.6 is 0 Å². The molecule has 0 fully saturated rings. The zero-order chi connectivity index (χ0) is 21.1. The van der Waals surface area contributed by atoms with Crippen LogP contribution in [0.25, 0.3) is 0 Å². The van der Waals surface area contributed by atoms with Crippen LogP contribution in [0.3, 0.4) is 0 Å². The third-order valence-corrected chi connectivity index (χ3v) is 4.53. The topological polar surface area (TPSA) is 107 Å². The molecule has 152 valence electrons. The van der Waals surface area contributed by atoms with E-state index in [1.54, 1.807) is 30.3 Å². The number of carbonyl (C=O) groups is 1. The molecule has 0 aliphatic heterocycles. The molecule has 1 unspecified atom stereocenters. The van der Waals surface area contributed by atoms with E-state index >= 15 is 0 Å². The molecule has 0 radical (unpaired) electrons. The third kappa shape index (κ3) is 8.69. The summed E-state index contributed by atoms with van der Waals surface area (Å²) >= 11 is 0. The summed E-state index contributed by atoms with van der Waals surface area (Å²) in [5.74, 6) is -0.724. The zero-order valence-corrected chi connectivity index (χ0v) is 16.5. The van der Waals surface area contributed by atoms with E-state index in [4.69, 9.17) is 15.0 Å². The molecule has 1 atom stereocenters. The maximum Gasteiger partial charge on any atom is 0.327 e. The normalized spacial score (nSPS) is 11.7. The maximum atomic E-state index is 11.8. The summed E-state index contributed by atoms with van der Waals surface area (Å²) in [6, 6.07) is 26.5. The SMILES string of the molecule is NC(C(=O)OCc1ccccc1)c1ccccc1.O=S(=O)(O)Cc1ccccc1. The summed E-state index contributed by atoms with van der Waals surface area (Å²) in [4.78, 5) is 11.8. The number of ether oxygens (including phenoxy) is 1. The van der Waals surface area contributed by atoms with E-state index in [-0.39, 0.29) is 12.4 Å². The van der Waals surface area contributed by atoms with E-state index in [2.05, 4.69) is 0 Å². The van der Waals surface area contributed by atoms with Crippen LogP contribution in [-0.4, -0.2) is 18.9 Å². The minimum absolute atomic E-state index is 0.250. The van der Waals surface area contributed by atoms with Crippen LogP contribution < -0.4 is 5.73 Å². The number of hydrogen-bond acceptors (Lipinski definition) is 5. The van der Waals surface area contributed by atoms with Crippen molar-refractivity contribution in [1.82, 2.24) is 0 Å². The van der Waals surface area contributed by atoms with Gasteiger partial charge in [0.15, 0.2) is 0 Å². The van der Waals surface area contributed by atoms with Gasteiger partial charge in [-0.1, -0.05) is 91.0 Å². The Kier molecular flexibility index (Phi) is 8.54. The predicted molar refractivity (Wildman–Crippen MR) is 111 cm³/mol. The molecule has 0 aliphatic carbocycles. The molecule has 0 saturated heterocycles. The Labute approximate surface area is 170 Å². The van der Waals surface area contributed by atoms with Crippen molar-refractivity contribution < 1.29 is 22.5 Å². The van der Waals surface area contributed by atoms with Crippen LogP contribution in [-0.2, 0) is 32.0 Å². The molecule has 0 aromatic heterocycles. The molecule has 0 aliphatic rings. The monoisotopic (exact) mass is 413 g/mol. The van der Waals surface area contributed by atoms with Crippen LogP contribution in [0, 0.1) is 0 Å². The van der Waals surface area contributed by atoms with Crippen LogP contribution in [0.15, 0.2) is 91.0 Å². The van der Waals surface area contributed by atoms with Crippen LogP contribution in [0.2, 0.25) is 0 Å². The Morgan fingerprint density at radius 3 is 1.76 bits per heavy atom. The highest BCUT2D eigenvalue weighted by Crippen LogP contribution is 2.12. The van der Waals surface area contributed by atoms with E-state index in [1.807, 2.05) is 60.7 Å². The lowest BCUT2D eigenvalue weighted by Crippen LogP contribution is -2.23. The average molecular weight is 413 g/mol. The maximum absolute atomic E-state index is 11.8. The van der Waals surface area contributed by atoms with Gasteiger partial charge >= 0.3 is 5.97 Å². The minimum Gasteiger partial charge on any atom is -0.459 e. The second-order valence-electron chi connectivity index (χ2n) is 6.19. The standard InChI is InChI=1S/C15H15NO2.C7H8O3S/c16-14(13-9-5-2-6-10-13)15(17)18-11-12-7-3-1-4-8-12;8-11(9,10)6-7-4-2-1-3-5-7/h1-10,14H,11,16H2;1-5H,6H2,(H,8,9,10). The minimum atomic E-state index is -3.88. The first-order chi connectivity index (χ1) is 13.8. The summed E-state index contributed by atoms with van der Waals surface area (Å²) in [6.07, 6.45) is 0. The Bertz CT molecular complexity index is 977. The molecule has 3 rings (SSSR count). The molecule has 0 heterocycles. The highest BCUT2D eigenvalue weighted by Gasteiger charge is 2.16. The molecule has 3 aromatic carbocycles. The first kappa shape index (κ1) is 22.3. The Morgan fingerprint density at radius 1 is 0.828 bits per heavy atom. The Morgan fingerprint density at radius 2 is 1.28 bits per heavy atom. The van der Waals surface area contributed by atoms with Crippen molar-refractivity contribution in [3.63, 3.8) is 0 Å². The van der Waals surface area contributed by atoms with Crippen LogP contribution in [0.1, 0.15) is 22.7 Å². The third-order valence-electron chi connectivity index (χ3n) is 3.83. The van der Waals surface area contributed by atoms with E-state index in [9.17, 15) is 13.2 Å². The average Bonchev–Trinajstić information content (AvgIpc) is 2.73. The van der Waals surface area contributed by atoms with Gasteiger partial charge in [0, 0.05) is 0 Å². The number of carbonyl (C=O) groups excluding carboxylic acids is 1. The fraction of sp³-hybridized carbons (Fsp3) is 0.136. The van der Waals surface area contributed by atoms with E-state index in [1.165, 1.54) is 0 Å². The molecular weight excluding hydrogens is 390 g/mol. The lowest BCUT2D eigenvalue weighted by molar-refractivity contribution is -0.146. The van der Waals surface area contributed by atoms with Crippen molar-refractivity contribution in [2.45, 2.75) is 18.4 Å². The number of rotatable bonds is 6. The van der Waals surface area contributed by atoms with E-state index < -0.39 is 22.1 Å². The second-order valence-corrected chi connectivity index (χ2v) is 7.65. The highest BCUT2D eigenvalue weighted by atomic mass is 32.2. The van der Waals surface area contributed by atoms with Gasteiger partial charge in [-0.05, 0) is 16.7 Å². The summed E-state index contributed by atoms with van der Waals surface area (Å²) in [5.41, 5.74) is 8.13. The van der Waals surface area contributed by atoms with Crippen LogP contribution in [0.4, 0.5) is 0 Å². The van der Waals surface area contributed by atoms with Crippen LogP contribution in [0.5, 0.6) is 0 Å². The highest BCUT2D eigenvalue weighted by molar-refractivity contribution is 7.85.